The maximum Gasteiger partial charge on any atom is 0.221 e. The molecule has 1 aliphatic heterocycles. The fourth-order valence-electron chi connectivity index (χ4n) is 4.64. The van der Waals surface area contributed by atoms with Gasteiger partial charge in [0.2, 0.25) is 5.91 Å². The number of nitrogens with zero attached hydrogens (tertiary/aromatic N) is 1. The van der Waals surface area contributed by atoms with Crippen LogP contribution >= 0.6 is 0 Å². The van der Waals surface area contributed by atoms with Crippen molar-refractivity contribution in [2.45, 2.75) is 70.5 Å². The molecule has 30 heavy (non-hydrogen) atoms. The monoisotopic (exact) mass is 410 g/mol. The first kappa shape index (κ1) is 22.2. The van der Waals surface area contributed by atoms with Gasteiger partial charge in [0.1, 0.15) is 11.5 Å². The molecule has 5 heteroatoms. The largest absolute Gasteiger partial charge is 0.508 e. The molecule has 1 aliphatic rings. The van der Waals surface area contributed by atoms with E-state index in [-0.39, 0.29) is 23.4 Å². The molecule has 0 saturated carbocycles. The smallest absolute Gasteiger partial charge is 0.221 e. The molecule has 2 unspecified atom stereocenters. The van der Waals surface area contributed by atoms with E-state index in [1.807, 2.05) is 24.3 Å². The number of hydrogen-bond acceptors (Lipinski definition) is 4. The molecule has 2 aromatic carbocycles. The number of likely N-dealkylation sites (tertiary alicyclic amines) is 1. The second-order valence-corrected chi connectivity index (χ2v) is 8.95. The van der Waals surface area contributed by atoms with Crippen molar-refractivity contribution in [3.8, 4) is 11.5 Å². The van der Waals surface area contributed by atoms with E-state index >= 15 is 0 Å². The Morgan fingerprint density at radius 1 is 1.17 bits per heavy atom. The first-order valence-electron chi connectivity index (χ1n) is 10.9. The zero-order valence-corrected chi connectivity index (χ0v) is 18.3. The van der Waals surface area contributed by atoms with Crippen molar-refractivity contribution in [3.05, 3.63) is 59.7 Å². The van der Waals surface area contributed by atoms with Gasteiger partial charge in [-0.25, -0.2) is 0 Å². The van der Waals surface area contributed by atoms with Crippen molar-refractivity contribution in [2.75, 3.05) is 6.54 Å². The molecule has 2 atom stereocenters. The summed E-state index contributed by atoms with van der Waals surface area (Å²) in [5, 5.41) is 22.4. The lowest BCUT2D eigenvalue weighted by Crippen LogP contribution is -2.59. The summed E-state index contributed by atoms with van der Waals surface area (Å²) < 4.78 is 0. The lowest BCUT2D eigenvalue weighted by Gasteiger charge is -2.49. The Kier molecular flexibility index (Phi) is 7.03. The molecule has 1 amide bonds. The van der Waals surface area contributed by atoms with E-state index in [1.165, 1.54) is 5.56 Å². The minimum absolute atomic E-state index is 0.0115. The van der Waals surface area contributed by atoms with Gasteiger partial charge in [-0.3, -0.25) is 9.69 Å². The first-order valence-corrected chi connectivity index (χ1v) is 10.9. The molecule has 0 radical (unpaired) electrons. The summed E-state index contributed by atoms with van der Waals surface area (Å²) in [4.78, 5) is 15.0. The van der Waals surface area contributed by atoms with Crippen LogP contribution in [0.25, 0.3) is 0 Å². The summed E-state index contributed by atoms with van der Waals surface area (Å²) in [6, 6.07) is 14.6. The maximum absolute atomic E-state index is 12.6. The summed E-state index contributed by atoms with van der Waals surface area (Å²) in [6.45, 7) is 7.51. The van der Waals surface area contributed by atoms with Gasteiger partial charge in [0, 0.05) is 18.5 Å². The summed E-state index contributed by atoms with van der Waals surface area (Å²) in [5.41, 5.74) is 2.18. The fraction of sp³-hybridized carbons (Fsp3) is 0.480. The van der Waals surface area contributed by atoms with Crippen molar-refractivity contribution in [1.82, 2.24) is 10.2 Å². The third-order valence-corrected chi connectivity index (χ3v) is 6.25. The van der Waals surface area contributed by atoms with Gasteiger partial charge in [-0.2, -0.15) is 0 Å². The Hall–Kier alpha value is -2.53. The molecule has 1 fully saturated rings. The molecule has 1 heterocycles. The van der Waals surface area contributed by atoms with Crippen LogP contribution in [0.3, 0.4) is 0 Å². The topological polar surface area (TPSA) is 72.8 Å². The third-order valence-electron chi connectivity index (χ3n) is 6.25. The van der Waals surface area contributed by atoms with Gasteiger partial charge in [0.05, 0.1) is 6.17 Å². The van der Waals surface area contributed by atoms with Crippen LogP contribution in [0.1, 0.15) is 63.5 Å². The van der Waals surface area contributed by atoms with E-state index < -0.39 is 0 Å². The SMILES string of the molecule is CCC(NC(=O)CCc1ccc(O)cc1)N1CCC(c2cccc(O)c2)CC1(C)C. The van der Waals surface area contributed by atoms with E-state index in [0.29, 0.717) is 24.5 Å². The Labute approximate surface area is 179 Å². The minimum atomic E-state index is -0.0563. The Balaban J connectivity index is 1.59. The number of aromatic hydroxyl groups is 2. The molecule has 0 spiro atoms. The van der Waals surface area contributed by atoms with Crippen LogP contribution in [-0.2, 0) is 11.2 Å². The minimum Gasteiger partial charge on any atom is -0.508 e. The van der Waals surface area contributed by atoms with Crippen molar-refractivity contribution in [2.24, 2.45) is 0 Å². The third kappa shape index (κ3) is 5.54. The average Bonchev–Trinajstić information content (AvgIpc) is 2.71. The van der Waals surface area contributed by atoms with Gasteiger partial charge >= 0.3 is 0 Å². The number of phenolic OH excluding ortho intramolecular Hbond substituents is 2. The van der Waals surface area contributed by atoms with Crippen LogP contribution < -0.4 is 5.32 Å². The predicted molar refractivity (Wildman–Crippen MR) is 120 cm³/mol. The molecule has 3 rings (SSSR count). The first-order chi connectivity index (χ1) is 14.3. The lowest BCUT2D eigenvalue weighted by atomic mass is 9.78. The summed E-state index contributed by atoms with van der Waals surface area (Å²) in [5.74, 6) is 1.03. The molecule has 1 saturated heterocycles. The van der Waals surface area contributed by atoms with E-state index in [0.717, 1.165) is 31.4 Å². The molecular formula is C25H34N2O3. The highest BCUT2D eigenvalue weighted by molar-refractivity contribution is 5.76. The molecule has 2 aromatic rings. The van der Waals surface area contributed by atoms with Gasteiger partial charge < -0.3 is 15.5 Å². The number of carbonyl (C=O) groups is 1. The molecule has 162 valence electrons. The molecule has 0 aromatic heterocycles. The highest BCUT2D eigenvalue weighted by atomic mass is 16.3. The van der Waals surface area contributed by atoms with Gasteiger partial charge in [-0.15, -0.1) is 0 Å². The zero-order chi connectivity index (χ0) is 21.7. The number of nitrogens with one attached hydrogen (secondary N) is 1. The van der Waals surface area contributed by atoms with E-state index in [2.05, 4.69) is 37.1 Å². The molecule has 3 N–H and O–H groups in total. The van der Waals surface area contributed by atoms with E-state index in [9.17, 15) is 15.0 Å². The average molecular weight is 411 g/mol. The van der Waals surface area contributed by atoms with Crippen molar-refractivity contribution >= 4 is 5.91 Å². The number of hydrogen-bond donors (Lipinski definition) is 3. The van der Waals surface area contributed by atoms with Crippen LogP contribution in [0, 0.1) is 0 Å². The standard InChI is InChI=1S/C25H34N2O3/c1-4-23(26-24(30)13-10-18-8-11-21(28)12-9-18)27-15-14-20(17-25(27,2)3)19-6-5-7-22(29)16-19/h5-9,11-12,16,20,23,28-29H,4,10,13-15,17H2,1-3H3,(H,26,30). The number of piperidine rings is 1. The zero-order valence-electron chi connectivity index (χ0n) is 18.3. The quantitative estimate of drug-likeness (QED) is 0.627. The van der Waals surface area contributed by atoms with Crippen LogP contribution in [-0.4, -0.2) is 39.3 Å². The molecular weight excluding hydrogens is 376 g/mol. The number of rotatable bonds is 7. The molecule has 0 aliphatic carbocycles. The van der Waals surface area contributed by atoms with Crippen LogP contribution in [0.2, 0.25) is 0 Å². The Bertz CT molecular complexity index is 848. The second-order valence-electron chi connectivity index (χ2n) is 8.95. The summed E-state index contributed by atoms with van der Waals surface area (Å²) >= 11 is 0. The van der Waals surface area contributed by atoms with E-state index in [4.69, 9.17) is 0 Å². The predicted octanol–water partition coefficient (Wildman–Crippen LogP) is 4.54. The Morgan fingerprint density at radius 3 is 2.53 bits per heavy atom. The van der Waals surface area contributed by atoms with Gasteiger partial charge in [-0.05, 0) is 80.8 Å². The van der Waals surface area contributed by atoms with Gasteiger partial charge in [0.15, 0.2) is 0 Å². The number of benzene rings is 2. The van der Waals surface area contributed by atoms with Gasteiger partial charge in [-0.1, -0.05) is 31.2 Å². The highest BCUT2D eigenvalue weighted by Gasteiger charge is 2.38. The summed E-state index contributed by atoms with van der Waals surface area (Å²) in [6.07, 6.45) is 3.94. The normalized spacial score (nSPS) is 19.9. The van der Waals surface area contributed by atoms with Crippen LogP contribution in [0.4, 0.5) is 0 Å². The van der Waals surface area contributed by atoms with E-state index in [1.54, 1.807) is 18.2 Å². The van der Waals surface area contributed by atoms with Gasteiger partial charge in [0.25, 0.3) is 0 Å². The second kappa shape index (κ2) is 9.52. The van der Waals surface area contributed by atoms with Crippen LogP contribution in [0.5, 0.6) is 11.5 Å². The van der Waals surface area contributed by atoms with Crippen LogP contribution in [0.15, 0.2) is 48.5 Å². The number of amides is 1. The Morgan fingerprint density at radius 2 is 1.90 bits per heavy atom. The number of phenols is 2. The number of carbonyl (C=O) groups excluding carboxylic acids is 1. The van der Waals surface area contributed by atoms with Crippen molar-refractivity contribution < 1.29 is 15.0 Å². The fourth-order valence-corrected chi connectivity index (χ4v) is 4.64. The molecule has 5 nitrogen and oxygen atoms in total. The maximum atomic E-state index is 12.6. The lowest BCUT2D eigenvalue weighted by molar-refractivity contribution is -0.124. The van der Waals surface area contributed by atoms with Crippen molar-refractivity contribution in [3.63, 3.8) is 0 Å². The van der Waals surface area contributed by atoms with Crippen molar-refractivity contribution in [1.29, 1.82) is 0 Å². The molecule has 0 bridgehead atoms. The number of aryl methyl sites for hydroxylation is 1. The highest BCUT2D eigenvalue weighted by Crippen LogP contribution is 2.39. The summed E-state index contributed by atoms with van der Waals surface area (Å²) in [7, 11) is 0.